The number of fused-ring (bicyclic) bond motifs is 2. The fourth-order valence-electron chi connectivity index (χ4n) is 2.01. The van der Waals surface area contributed by atoms with Crippen LogP contribution in [0.4, 0.5) is 0 Å². The van der Waals surface area contributed by atoms with Gasteiger partial charge in [-0.3, -0.25) is 4.79 Å². The van der Waals surface area contributed by atoms with Gasteiger partial charge in [0.15, 0.2) is 5.16 Å². The highest BCUT2D eigenvalue weighted by Crippen LogP contribution is 2.24. The molecule has 17 heavy (non-hydrogen) atoms. The molecule has 1 amide bonds. The largest absolute Gasteiger partial charge is 0.470 e. The number of nitrogens with one attached hydrogen (secondary N) is 2. The van der Waals surface area contributed by atoms with Crippen molar-refractivity contribution in [1.29, 1.82) is 0 Å². The molecule has 2 aliphatic heterocycles. The van der Waals surface area contributed by atoms with Gasteiger partial charge in [-0.05, 0) is 6.26 Å². The molecule has 7 heteroatoms. The summed E-state index contributed by atoms with van der Waals surface area (Å²) in [5.41, 5.74) is 0.414. The van der Waals surface area contributed by atoms with E-state index in [0.29, 0.717) is 16.6 Å². The van der Waals surface area contributed by atoms with Crippen molar-refractivity contribution in [2.24, 2.45) is 0 Å². The highest BCUT2D eigenvalue weighted by Gasteiger charge is 2.35. The Kier molecular flexibility index (Phi) is 2.64. The van der Waals surface area contributed by atoms with Gasteiger partial charge in [0.05, 0.1) is 6.04 Å². The van der Waals surface area contributed by atoms with Crippen LogP contribution in [0, 0.1) is 0 Å². The molecular weight excluding hydrogens is 240 g/mol. The number of aromatic nitrogens is 2. The Morgan fingerprint density at radius 1 is 1.53 bits per heavy atom. The molecule has 0 unspecified atom stereocenters. The van der Waals surface area contributed by atoms with E-state index in [1.165, 1.54) is 18.0 Å². The number of rotatable bonds is 1. The predicted molar refractivity (Wildman–Crippen MR) is 62.4 cm³/mol. The molecule has 1 fully saturated rings. The van der Waals surface area contributed by atoms with Crippen LogP contribution in [0.1, 0.15) is 10.4 Å². The molecule has 2 aliphatic rings. The van der Waals surface area contributed by atoms with Gasteiger partial charge in [-0.2, -0.15) is 4.98 Å². The molecule has 2 N–H and O–H groups in total. The minimum absolute atomic E-state index is 0.00873. The maximum Gasteiger partial charge on any atom is 0.258 e. The van der Waals surface area contributed by atoms with Gasteiger partial charge >= 0.3 is 0 Å². The van der Waals surface area contributed by atoms with Gasteiger partial charge in [-0.25, -0.2) is 4.98 Å². The number of thioether (sulfide) groups is 1. The molecule has 3 heterocycles. The number of carbonyl (C=O) groups excluding carboxylic acids is 1. The van der Waals surface area contributed by atoms with Crippen molar-refractivity contribution < 1.29 is 9.53 Å². The SMILES string of the molecule is CSc1ncc2c(n1)O[C@@H]1CNC[C@H]1NC2=O. The summed E-state index contributed by atoms with van der Waals surface area (Å²) in [5.74, 6) is 0.224. The number of amides is 1. The zero-order valence-corrected chi connectivity index (χ0v) is 10.1. The van der Waals surface area contributed by atoms with E-state index >= 15 is 0 Å². The summed E-state index contributed by atoms with van der Waals surface area (Å²) >= 11 is 1.43. The molecular formula is C10H12N4O2S. The Hall–Kier alpha value is -1.34. The van der Waals surface area contributed by atoms with Crippen molar-refractivity contribution in [2.75, 3.05) is 19.3 Å². The van der Waals surface area contributed by atoms with Gasteiger partial charge in [0.1, 0.15) is 11.7 Å². The van der Waals surface area contributed by atoms with Crippen molar-refractivity contribution in [3.63, 3.8) is 0 Å². The van der Waals surface area contributed by atoms with Crippen LogP contribution >= 0.6 is 11.8 Å². The molecule has 0 aliphatic carbocycles. The number of hydrogen-bond donors (Lipinski definition) is 2. The lowest BCUT2D eigenvalue weighted by atomic mass is 10.2. The van der Waals surface area contributed by atoms with Crippen LogP contribution < -0.4 is 15.4 Å². The molecule has 1 saturated heterocycles. The number of carbonyl (C=O) groups is 1. The molecule has 2 atom stereocenters. The Morgan fingerprint density at radius 3 is 3.24 bits per heavy atom. The third-order valence-corrected chi connectivity index (χ3v) is 3.46. The Labute approximate surface area is 103 Å². The van der Waals surface area contributed by atoms with E-state index in [-0.39, 0.29) is 18.1 Å². The molecule has 1 aromatic heterocycles. The minimum atomic E-state index is -0.163. The molecule has 90 valence electrons. The first-order chi connectivity index (χ1) is 8.28. The molecule has 0 saturated carbocycles. The average Bonchev–Trinajstić information content (AvgIpc) is 2.71. The van der Waals surface area contributed by atoms with Crippen molar-refractivity contribution in [3.05, 3.63) is 11.8 Å². The molecule has 0 spiro atoms. The first-order valence-corrected chi connectivity index (χ1v) is 6.59. The van der Waals surface area contributed by atoms with Crippen LogP contribution in [-0.4, -0.2) is 47.4 Å². The third kappa shape index (κ3) is 1.85. The van der Waals surface area contributed by atoms with Crippen LogP contribution in [0.5, 0.6) is 5.88 Å². The normalized spacial score (nSPS) is 26.5. The lowest BCUT2D eigenvalue weighted by molar-refractivity contribution is 0.0933. The quantitative estimate of drug-likeness (QED) is 0.526. The standard InChI is InChI=1S/C10H12N4O2S/c1-17-10-12-2-5-8(15)13-6-3-11-4-7(6)16-9(5)14-10/h2,6-7,11H,3-4H2,1H3,(H,13,15)/t6-,7-/m1/s1. The van der Waals surface area contributed by atoms with Gasteiger partial charge in [0.25, 0.3) is 5.91 Å². The smallest absolute Gasteiger partial charge is 0.258 e. The van der Waals surface area contributed by atoms with E-state index in [9.17, 15) is 4.79 Å². The minimum Gasteiger partial charge on any atom is -0.470 e. The van der Waals surface area contributed by atoms with Crippen LogP contribution in [0.2, 0.25) is 0 Å². The van der Waals surface area contributed by atoms with Gasteiger partial charge in [0.2, 0.25) is 5.88 Å². The Balaban J connectivity index is 2.00. The van der Waals surface area contributed by atoms with Crippen molar-refractivity contribution in [3.8, 4) is 5.88 Å². The van der Waals surface area contributed by atoms with Crippen LogP contribution in [0.15, 0.2) is 11.4 Å². The second-order valence-electron chi connectivity index (χ2n) is 3.97. The van der Waals surface area contributed by atoms with Crippen LogP contribution in [-0.2, 0) is 0 Å². The van der Waals surface area contributed by atoms with E-state index in [1.54, 1.807) is 0 Å². The summed E-state index contributed by atoms with van der Waals surface area (Å²) in [6.07, 6.45) is 3.36. The average molecular weight is 252 g/mol. The fraction of sp³-hybridized carbons (Fsp3) is 0.500. The predicted octanol–water partition coefficient (Wildman–Crippen LogP) is -0.339. The van der Waals surface area contributed by atoms with Crippen LogP contribution in [0.3, 0.4) is 0 Å². The monoisotopic (exact) mass is 252 g/mol. The molecule has 1 aromatic rings. The summed E-state index contributed by atoms with van der Waals surface area (Å²) < 4.78 is 5.78. The van der Waals surface area contributed by atoms with E-state index in [2.05, 4.69) is 20.6 Å². The van der Waals surface area contributed by atoms with Crippen molar-refractivity contribution in [1.82, 2.24) is 20.6 Å². The van der Waals surface area contributed by atoms with Crippen LogP contribution in [0.25, 0.3) is 0 Å². The third-order valence-electron chi connectivity index (χ3n) is 2.90. The first-order valence-electron chi connectivity index (χ1n) is 5.37. The molecule has 6 nitrogen and oxygen atoms in total. The highest BCUT2D eigenvalue weighted by atomic mass is 32.2. The van der Waals surface area contributed by atoms with Gasteiger partial charge in [-0.1, -0.05) is 11.8 Å². The molecule has 0 aromatic carbocycles. The van der Waals surface area contributed by atoms with E-state index in [4.69, 9.17) is 4.74 Å². The number of ether oxygens (including phenoxy) is 1. The molecule has 0 bridgehead atoms. The lowest BCUT2D eigenvalue weighted by Crippen LogP contribution is -2.42. The maximum absolute atomic E-state index is 11.9. The zero-order valence-electron chi connectivity index (χ0n) is 9.27. The lowest BCUT2D eigenvalue weighted by Gasteiger charge is -2.15. The van der Waals surface area contributed by atoms with E-state index < -0.39 is 0 Å². The summed E-state index contributed by atoms with van der Waals surface area (Å²) in [7, 11) is 0. The van der Waals surface area contributed by atoms with Gasteiger partial charge in [-0.15, -0.1) is 0 Å². The molecule has 3 rings (SSSR count). The van der Waals surface area contributed by atoms with E-state index in [0.717, 1.165) is 13.1 Å². The summed E-state index contributed by atoms with van der Waals surface area (Å²) in [6.45, 7) is 1.45. The van der Waals surface area contributed by atoms with E-state index in [1.807, 2.05) is 6.26 Å². The zero-order chi connectivity index (χ0) is 11.8. The highest BCUT2D eigenvalue weighted by molar-refractivity contribution is 7.98. The van der Waals surface area contributed by atoms with Crippen molar-refractivity contribution in [2.45, 2.75) is 17.3 Å². The summed E-state index contributed by atoms with van der Waals surface area (Å²) in [5, 5.41) is 6.72. The van der Waals surface area contributed by atoms with Crippen molar-refractivity contribution >= 4 is 17.7 Å². The molecule has 0 radical (unpaired) electrons. The Morgan fingerprint density at radius 2 is 2.41 bits per heavy atom. The summed E-state index contributed by atoms with van der Waals surface area (Å²) in [6, 6.07) is 0.00873. The first kappa shape index (κ1) is 10.8. The van der Waals surface area contributed by atoms with Gasteiger partial charge < -0.3 is 15.4 Å². The fourth-order valence-corrected chi connectivity index (χ4v) is 2.34. The second kappa shape index (κ2) is 4.15. The Bertz CT molecular complexity index is 468. The van der Waals surface area contributed by atoms with Gasteiger partial charge in [0, 0.05) is 19.3 Å². The topological polar surface area (TPSA) is 76.1 Å². The maximum atomic E-state index is 11.9. The number of hydrogen-bond acceptors (Lipinski definition) is 6. The number of nitrogens with zero attached hydrogens (tertiary/aromatic N) is 2. The summed E-state index contributed by atoms with van der Waals surface area (Å²) in [4.78, 5) is 20.3. The second-order valence-corrected chi connectivity index (χ2v) is 4.74.